The second-order valence-corrected chi connectivity index (χ2v) is 41.7. The minimum absolute atomic E-state index is 0.0329. The maximum Gasteiger partial charge on any atom is 0.198 e. The lowest BCUT2D eigenvalue weighted by Crippen LogP contribution is -2.10. The summed E-state index contributed by atoms with van der Waals surface area (Å²) in [5.74, 6) is 9.58. The van der Waals surface area contributed by atoms with Crippen LogP contribution in [0, 0.1) is 0 Å². The minimum atomic E-state index is -0.612. The standard InChI is InChI=1S/C20H18O2S.C18H18O2S.C18H16O2S.C18H14O2S.2C17H14O2S.C14H10O2S/c1-3-7-14-10-11-15-13-23-17-9-6-5-8-16(17)19(21)18(15)20(14)22-12-4-2;3*19-17-14-6-1-2-7-15(14)21-11-13-9-8-12-5-3-4-10-20-18(12)16(13)17;1-2-10-19-14-8-5-6-12-11-20-15-9-4-3-7-13(15)17(18)16(12)14;1-2-5-11-8-9-12-10-20-14-7-4-3-6-13(14)17(19)15(12)16(11)18;15-11-6-3-4-9-8-17-12-7-2-1-5-10(12)14(16)13(9)11/h3-6,8-11H,1-2,7,12-13H2;1-2,6-9,17,19H,3-5,10-11H2;1-4,6-9,17,19H,5,10-11H2;1-4,6-9H,5,10-11H2;2-9H,1,10-11H2;2-4,6-9,18H,1,5,10H2;1-7,15H,8H2. The number of thioether (sulfide) groups is 7. The van der Waals surface area contributed by atoms with Gasteiger partial charge in [0.1, 0.15) is 78.9 Å². The summed E-state index contributed by atoms with van der Waals surface area (Å²) >= 11 is 11.9. The van der Waals surface area contributed by atoms with Crippen molar-refractivity contribution in [2.75, 3.05) is 33.0 Å². The molecule has 0 saturated heterocycles. The number of fused-ring (bicyclic) bond motifs is 20. The van der Waals surface area contributed by atoms with Crippen LogP contribution in [0.25, 0.3) is 0 Å². The lowest BCUT2D eigenvalue weighted by molar-refractivity contribution is 0.102. The summed E-state index contributed by atoms with van der Waals surface area (Å²) in [5, 5.41) is 42.1. The first-order chi connectivity index (χ1) is 70.1. The number of hydrogen-bond donors (Lipinski definition) is 4. The molecule has 24 rings (SSSR count). The van der Waals surface area contributed by atoms with Crippen molar-refractivity contribution in [2.45, 2.75) is 132 Å². The number of ether oxygens (including phenoxy) is 5. The average Bonchev–Trinajstić information content (AvgIpc) is 1.67. The Morgan fingerprint density at radius 1 is 0.315 bits per heavy atom. The van der Waals surface area contributed by atoms with E-state index in [1.165, 1.54) is 21.6 Å². The van der Waals surface area contributed by atoms with Crippen LogP contribution in [0.1, 0.15) is 194 Å². The molecule has 10 heterocycles. The summed E-state index contributed by atoms with van der Waals surface area (Å²) in [6.45, 7) is 17.5. The van der Waals surface area contributed by atoms with E-state index in [1.807, 2.05) is 224 Å². The van der Waals surface area contributed by atoms with E-state index in [0.29, 0.717) is 95.7 Å². The smallest absolute Gasteiger partial charge is 0.198 e. The third-order valence-corrected chi connectivity index (χ3v) is 33.5. The molecule has 0 bridgehead atoms. The average molecular weight is 2020 g/mol. The van der Waals surface area contributed by atoms with Crippen LogP contribution in [-0.4, -0.2) is 82.4 Å². The molecule has 0 amide bonds. The fourth-order valence-corrected chi connectivity index (χ4v) is 25.9. The molecule has 718 valence electrons. The van der Waals surface area contributed by atoms with Crippen LogP contribution in [0.4, 0.5) is 0 Å². The number of allylic oxidation sites excluding steroid dienone is 4. The van der Waals surface area contributed by atoms with Gasteiger partial charge in [-0.15, -0.1) is 95.5 Å². The largest absolute Gasteiger partial charge is 0.507 e. The van der Waals surface area contributed by atoms with Gasteiger partial charge >= 0.3 is 0 Å². The van der Waals surface area contributed by atoms with Crippen LogP contribution in [0.3, 0.4) is 0 Å². The number of phenolic OH excluding ortho intramolecular Hbond substituents is 2. The second-order valence-electron chi connectivity index (χ2n) is 34.6. The van der Waals surface area contributed by atoms with Crippen LogP contribution in [0.5, 0.6) is 40.2 Å². The van der Waals surface area contributed by atoms with Gasteiger partial charge in [-0.1, -0.05) is 244 Å². The first-order valence-electron chi connectivity index (χ1n) is 47.4. The summed E-state index contributed by atoms with van der Waals surface area (Å²) in [4.78, 5) is 71.4. The third-order valence-electron chi connectivity index (χ3n) is 25.6. The number of benzene rings is 14. The summed E-state index contributed by atoms with van der Waals surface area (Å²) in [7, 11) is 0. The Morgan fingerprint density at radius 2 is 0.678 bits per heavy atom. The maximum atomic E-state index is 13.1. The van der Waals surface area contributed by atoms with Crippen molar-refractivity contribution in [1.29, 1.82) is 0 Å². The number of rotatable bonds is 10. The van der Waals surface area contributed by atoms with Gasteiger partial charge in [-0.25, -0.2) is 0 Å². The Labute approximate surface area is 863 Å². The molecule has 4 N–H and O–H groups in total. The highest BCUT2D eigenvalue weighted by Gasteiger charge is 2.35. The molecule has 21 heteroatoms. The van der Waals surface area contributed by atoms with E-state index in [0.717, 1.165) is 209 Å². The zero-order chi connectivity index (χ0) is 98.8. The zero-order valence-electron chi connectivity index (χ0n) is 78.7. The molecule has 14 nitrogen and oxygen atoms in total. The van der Waals surface area contributed by atoms with Crippen molar-refractivity contribution >= 4 is 111 Å². The summed E-state index contributed by atoms with van der Waals surface area (Å²) in [6.07, 6.45) is 20.2. The van der Waals surface area contributed by atoms with Crippen molar-refractivity contribution in [2.24, 2.45) is 0 Å². The maximum absolute atomic E-state index is 13.1. The monoisotopic (exact) mass is 2020 g/mol. The number of carbonyl (C=O) groups is 5. The molecular formula is C122H104O14S7. The molecular weight excluding hydrogens is 1910 g/mol. The van der Waals surface area contributed by atoms with E-state index in [1.54, 1.807) is 113 Å². The minimum Gasteiger partial charge on any atom is -0.507 e. The fourth-order valence-electron chi connectivity index (χ4n) is 18.6. The van der Waals surface area contributed by atoms with Gasteiger partial charge in [0.05, 0.1) is 34.4 Å². The second kappa shape index (κ2) is 47.4. The molecule has 0 saturated carbocycles. The molecule has 0 spiro atoms. The van der Waals surface area contributed by atoms with Crippen LogP contribution < -0.4 is 23.7 Å². The van der Waals surface area contributed by atoms with E-state index < -0.39 is 12.2 Å². The number of aliphatic hydroxyl groups excluding tert-OH is 2. The molecule has 0 radical (unpaired) electrons. The molecule has 0 fully saturated rings. The zero-order valence-corrected chi connectivity index (χ0v) is 84.4. The van der Waals surface area contributed by atoms with Gasteiger partial charge in [0.15, 0.2) is 28.9 Å². The highest BCUT2D eigenvalue weighted by atomic mass is 32.2. The normalized spacial score (nSPS) is 15.6. The Bertz CT molecular complexity index is 7270. The molecule has 14 aromatic carbocycles. The predicted octanol–water partition coefficient (Wildman–Crippen LogP) is 28.1. The lowest BCUT2D eigenvalue weighted by Gasteiger charge is -2.20. The number of hydrogen-bond acceptors (Lipinski definition) is 21. The SMILES string of the molecule is C=CCOc1c(CC=C)ccc2c1C(=O)c1ccccc1SC2.C=CCOc1cccc2c1C(=O)c1ccccc1SC2.C=CCc1ccc2c(c1O)C(=O)c1ccccc1SC2.O=C1c2ccccc2SCc2ccc3c(c21)OCC=CC3.O=C1c2ccccc2SCc2cccc(O)c21.OC1c2ccccc2SCc2ccc3c(c21)OCC=CC3.OC1c2ccccc2SCc2ccc3c(c21)OCCCC3. The summed E-state index contributed by atoms with van der Waals surface area (Å²) in [5.41, 5.74) is 23.1. The van der Waals surface area contributed by atoms with Crippen molar-refractivity contribution in [3.05, 3.63) is 486 Å². The molecule has 2 unspecified atom stereocenters. The van der Waals surface area contributed by atoms with E-state index in [-0.39, 0.29) is 40.4 Å². The van der Waals surface area contributed by atoms with E-state index >= 15 is 0 Å². The molecule has 2 atom stereocenters. The highest BCUT2D eigenvalue weighted by molar-refractivity contribution is 8.00. The van der Waals surface area contributed by atoms with Gasteiger partial charge in [0.25, 0.3) is 0 Å². The lowest BCUT2D eigenvalue weighted by atomic mass is 9.93. The Hall–Kier alpha value is -13.2. The van der Waals surface area contributed by atoms with Crippen LogP contribution in [-0.2, 0) is 72.4 Å². The number of aryl methyl sites for hydroxylation is 1. The molecule has 10 aliphatic heterocycles. The molecule has 14 aromatic rings. The first-order valence-corrected chi connectivity index (χ1v) is 54.3. The fraction of sp³-hybridized carbons (Fsp3) is 0.172. The van der Waals surface area contributed by atoms with Gasteiger partial charge in [-0.2, -0.15) is 0 Å². The summed E-state index contributed by atoms with van der Waals surface area (Å²) in [6, 6.07) is 86.3. The highest BCUT2D eigenvalue weighted by Crippen LogP contribution is 2.50. The van der Waals surface area contributed by atoms with Crippen molar-refractivity contribution in [3.63, 3.8) is 0 Å². The van der Waals surface area contributed by atoms with E-state index in [2.05, 4.69) is 87.0 Å². The van der Waals surface area contributed by atoms with Crippen LogP contribution in [0.2, 0.25) is 0 Å². The Balaban J connectivity index is 0.000000110. The number of aliphatic hydroxyl groups is 2. The molecule has 0 aliphatic carbocycles. The topological polar surface area (TPSA) is 212 Å². The van der Waals surface area contributed by atoms with Crippen molar-refractivity contribution < 1.29 is 68.1 Å². The van der Waals surface area contributed by atoms with Crippen molar-refractivity contribution in [3.8, 4) is 40.2 Å². The van der Waals surface area contributed by atoms with Gasteiger partial charge in [-0.3, -0.25) is 24.0 Å². The first kappa shape index (κ1) is 100.0. The van der Waals surface area contributed by atoms with Gasteiger partial charge in [-0.05, 0) is 208 Å². The van der Waals surface area contributed by atoms with Gasteiger partial charge in [0.2, 0.25) is 0 Å². The molecule has 0 aromatic heterocycles. The van der Waals surface area contributed by atoms with Crippen LogP contribution in [0.15, 0.2) is 376 Å². The number of carbonyl (C=O) groups excluding carboxylic acids is 5. The number of phenols is 2. The number of aromatic hydroxyl groups is 2. The Kier molecular flexibility index (Phi) is 33.1. The summed E-state index contributed by atoms with van der Waals surface area (Å²) < 4.78 is 29.4. The number of ketones is 5. The predicted molar refractivity (Wildman–Crippen MR) is 580 cm³/mol. The molecule has 10 aliphatic rings. The van der Waals surface area contributed by atoms with Gasteiger partial charge in [0, 0.05) is 113 Å². The van der Waals surface area contributed by atoms with Gasteiger partial charge < -0.3 is 44.1 Å². The van der Waals surface area contributed by atoms with E-state index in [4.69, 9.17) is 23.7 Å². The third kappa shape index (κ3) is 22.2. The quantitative estimate of drug-likeness (QED) is 0.0937. The molecule has 143 heavy (non-hydrogen) atoms. The van der Waals surface area contributed by atoms with Crippen molar-refractivity contribution in [1.82, 2.24) is 0 Å². The van der Waals surface area contributed by atoms with Crippen LogP contribution >= 0.6 is 82.3 Å². The Morgan fingerprint density at radius 3 is 1.20 bits per heavy atom. The van der Waals surface area contributed by atoms with E-state index in [9.17, 15) is 44.4 Å².